The Bertz CT molecular complexity index is 1180. The molecule has 12 heteroatoms. The number of anilines is 1. The van der Waals surface area contributed by atoms with Crippen LogP contribution in [0, 0.1) is 17.0 Å². The second-order valence-electron chi connectivity index (χ2n) is 5.92. The van der Waals surface area contributed by atoms with E-state index in [0.29, 0.717) is 33.2 Å². The first kappa shape index (κ1) is 19.7. The van der Waals surface area contributed by atoms with Gasteiger partial charge in [0, 0.05) is 12.1 Å². The van der Waals surface area contributed by atoms with E-state index in [2.05, 4.69) is 20.4 Å². The second kappa shape index (κ2) is 8.39. The van der Waals surface area contributed by atoms with Crippen molar-refractivity contribution in [3.8, 4) is 27.2 Å². The lowest BCUT2D eigenvalue weighted by atomic mass is 10.3. The molecule has 10 nitrogen and oxygen atoms in total. The molecule has 0 unspecified atom stereocenters. The molecule has 0 aliphatic carbocycles. The highest BCUT2D eigenvalue weighted by Gasteiger charge is 2.18. The maximum Gasteiger partial charge on any atom is 0.270 e. The lowest BCUT2D eigenvalue weighted by Crippen LogP contribution is -2.20. The summed E-state index contributed by atoms with van der Waals surface area (Å²) in [6.07, 6.45) is 0. The third kappa shape index (κ3) is 4.34. The topological polar surface area (TPSA) is 133 Å². The molecule has 1 amide bonds. The van der Waals surface area contributed by atoms with Crippen LogP contribution in [0.2, 0.25) is 0 Å². The van der Waals surface area contributed by atoms with E-state index in [9.17, 15) is 14.9 Å². The number of amides is 1. The van der Waals surface area contributed by atoms with Gasteiger partial charge in [0.2, 0.25) is 5.82 Å². The molecule has 0 atom stereocenters. The van der Waals surface area contributed by atoms with Crippen molar-refractivity contribution < 1.29 is 19.0 Å². The van der Waals surface area contributed by atoms with Crippen molar-refractivity contribution >= 4 is 39.4 Å². The first-order valence-electron chi connectivity index (χ1n) is 8.52. The van der Waals surface area contributed by atoms with Crippen LogP contribution in [0.1, 0.15) is 5.69 Å². The summed E-state index contributed by atoms with van der Waals surface area (Å²) < 4.78 is 10.7. The molecular formula is C18H13N5O5S2. The average molecular weight is 443 g/mol. The summed E-state index contributed by atoms with van der Waals surface area (Å²) in [7, 11) is 0. The van der Waals surface area contributed by atoms with Crippen LogP contribution in [-0.4, -0.2) is 32.6 Å². The summed E-state index contributed by atoms with van der Waals surface area (Å²) in [6, 6.07) is 9.27. The Balaban J connectivity index is 1.38. The molecule has 152 valence electrons. The van der Waals surface area contributed by atoms with Crippen molar-refractivity contribution in [3.63, 3.8) is 0 Å². The number of thiophene rings is 1. The van der Waals surface area contributed by atoms with Gasteiger partial charge >= 0.3 is 0 Å². The van der Waals surface area contributed by atoms with Gasteiger partial charge < -0.3 is 9.26 Å². The van der Waals surface area contributed by atoms with Gasteiger partial charge in [-0.15, -0.1) is 11.3 Å². The average Bonchev–Trinajstić information content (AvgIpc) is 3.47. The molecule has 0 bridgehead atoms. The Morgan fingerprint density at radius 3 is 2.77 bits per heavy atom. The molecule has 0 saturated heterocycles. The number of hydrogen-bond donors (Lipinski definition) is 1. The molecule has 0 fully saturated rings. The number of non-ortho nitro benzene ring substituents is 1. The number of nitro benzene ring substituents is 1. The maximum atomic E-state index is 12.1. The summed E-state index contributed by atoms with van der Waals surface area (Å²) in [4.78, 5) is 32.6. The number of nitro groups is 1. The third-order valence-electron chi connectivity index (χ3n) is 3.82. The lowest BCUT2D eigenvalue weighted by molar-refractivity contribution is -0.384. The number of aryl methyl sites for hydroxylation is 1. The number of aromatic nitrogens is 3. The van der Waals surface area contributed by atoms with Crippen LogP contribution in [0.25, 0.3) is 21.5 Å². The number of carbonyl (C=O) groups excluding carboxylic acids is 1. The molecular weight excluding hydrogens is 430 g/mol. The summed E-state index contributed by atoms with van der Waals surface area (Å²) in [5, 5.41) is 19.6. The monoisotopic (exact) mass is 443 g/mol. The molecule has 3 heterocycles. The lowest BCUT2D eigenvalue weighted by Gasteiger charge is -2.05. The van der Waals surface area contributed by atoms with Gasteiger partial charge in [0.05, 0.1) is 15.5 Å². The number of rotatable bonds is 7. The van der Waals surface area contributed by atoms with Gasteiger partial charge in [0.15, 0.2) is 11.7 Å². The highest BCUT2D eigenvalue weighted by atomic mass is 32.1. The number of benzene rings is 1. The quantitative estimate of drug-likeness (QED) is 0.332. The Morgan fingerprint density at radius 2 is 2.07 bits per heavy atom. The van der Waals surface area contributed by atoms with E-state index in [1.807, 2.05) is 17.5 Å². The van der Waals surface area contributed by atoms with Crippen LogP contribution in [0.3, 0.4) is 0 Å². The van der Waals surface area contributed by atoms with Crippen LogP contribution >= 0.6 is 22.7 Å². The van der Waals surface area contributed by atoms with E-state index in [1.54, 1.807) is 6.92 Å². The Labute approximate surface area is 177 Å². The van der Waals surface area contributed by atoms with Crippen molar-refractivity contribution in [2.24, 2.45) is 0 Å². The number of carbonyl (C=O) groups is 1. The molecule has 1 aromatic carbocycles. The van der Waals surface area contributed by atoms with Crippen LogP contribution < -0.4 is 10.1 Å². The van der Waals surface area contributed by atoms with Gasteiger partial charge in [0.1, 0.15) is 10.6 Å². The van der Waals surface area contributed by atoms with Gasteiger partial charge in [-0.1, -0.05) is 22.6 Å². The van der Waals surface area contributed by atoms with Crippen molar-refractivity contribution in [3.05, 3.63) is 57.6 Å². The SMILES string of the molecule is Cc1nc(NC(=O)COc2ccc([N+](=O)[O-])cc2)sc1-c1nc(-c2cccs2)no1. The number of ether oxygens (including phenoxy) is 1. The van der Waals surface area contributed by atoms with E-state index >= 15 is 0 Å². The van der Waals surface area contributed by atoms with Crippen molar-refractivity contribution in [2.75, 3.05) is 11.9 Å². The molecule has 3 aromatic heterocycles. The van der Waals surface area contributed by atoms with Crippen molar-refractivity contribution in [1.82, 2.24) is 15.1 Å². The maximum absolute atomic E-state index is 12.1. The Hall–Kier alpha value is -3.64. The highest BCUT2D eigenvalue weighted by Crippen LogP contribution is 2.33. The zero-order chi connectivity index (χ0) is 21.1. The molecule has 4 aromatic rings. The minimum Gasteiger partial charge on any atom is -0.484 e. The zero-order valence-electron chi connectivity index (χ0n) is 15.4. The molecule has 1 N–H and O–H groups in total. The minimum absolute atomic E-state index is 0.0548. The number of thiazole rings is 1. The molecule has 0 saturated carbocycles. The summed E-state index contributed by atoms with van der Waals surface area (Å²) >= 11 is 2.72. The third-order valence-corrected chi connectivity index (χ3v) is 5.75. The van der Waals surface area contributed by atoms with Crippen LogP contribution in [0.4, 0.5) is 10.8 Å². The fourth-order valence-electron chi connectivity index (χ4n) is 2.44. The van der Waals surface area contributed by atoms with E-state index in [1.165, 1.54) is 46.9 Å². The van der Waals surface area contributed by atoms with Crippen LogP contribution in [0.5, 0.6) is 5.75 Å². The largest absolute Gasteiger partial charge is 0.484 e. The minimum atomic E-state index is -0.508. The van der Waals surface area contributed by atoms with E-state index < -0.39 is 10.8 Å². The molecule has 4 rings (SSSR count). The number of nitrogens with one attached hydrogen (secondary N) is 1. The van der Waals surface area contributed by atoms with E-state index in [4.69, 9.17) is 9.26 Å². The van der Waals surface area contributed by atoms with Crippen molar-refractivity contribution in [2.45, 2.75) is 6.92 Å². The molecule has 0 spiro atoms. The summed E-state index contributed by atoms with van der Waals surface area (Å²) in [5.41, 5.74) is 0.592. The molecule has 0 aliphatic rings. The fraction of sp³-hybridized carbons (Fsp3) is 0.111. The Kier molecular flexibility index (Phi) is 5.50. The van der Waals surface area contributed by atoms with Crippen LogP contribution in [-0.2, 0) is 4.79 Å². The molecule has 30 heavy (non-hydrogen) atoms. The van der Waals surface area contributed by atoms with Gasteiger partial charge in [-0.25, -0.2) is 4.98 Å². The predicted molar refractivity (Wildman–Crippen MR) is 111 cm³/mol. The predicted octanol–water partition coefficient (Wildman–Crippen LogP) is 4.16. The zero-order valence-corrected chi connectivity index (χ0v) is 17.0. The van der Waals surface area contributed by atoms with E-state index in [0.717, 1.165) is 4.88 Å². The van der Waals surface area contributed by atoms with Crippen LogP contribution in [0.15, 0.2) is 46.3 Å². The van der Waals surface area contributed by atoms with Gasteiger partial charge in [0.25, 0.3) is 17.5 Å². The smallest absolute Gasteiger partial charge is 0.270 e. The summed E-state index contributed by atoms with van der Waals surface area (Å²) in [6.45, 7) is 1.51. The first-order valence-corrected chi connectivity index (χ1v) is 10.2. The van der Waals surface area contributed by atoms with Gasteiger partial charge in [-0.3, -0.25) is 20.2 Å². The number of nitrogens with zero attached hydrogens (tertiary/aromatic N) is 4. The van der Waals surface area contributed by atoms with E-state index in [-0.39, 0.29) is 12.3 Å². The van der Waals surface area contributed by atoms with Gasteiger partial charge in [-0.2, -0.15) is 4.98 Å². The standard InChI is InChI=1S/C18H13N5O5S2/c1-10-15(17-21-16(22-28-17)13-3-2-8-29-13)30-18(19-10)20-14(24)9-27-12-6-4-11(5-7-12)23(25)26/h2-8H,9H2,1H3,(H,19,20,24). The normalized spacial score (nSPS) is 10.7. The molecule has 0 aliphatic heterocycles. The van der Waals surface area contributed by atoms with Gasteiger partial charge in [-0.05, 0) is 30.5 Å². The number of hydrogen-bond acceptors (Lipinski definition) is 10. The Morgan fingerprint density at radius 1 is 1.27 bits per heavy atom. The highest BCUT2D eigenvalue weighted by molar-refractivity contribution is 7.19. The summed E-state index contributed by atoms with van der Waals surface area (Å²) in [5.74, 6) is 0.753. The first-order chi connectivity index (χ1) is 14.5. The fourth-order valence-corrected chi connectivity index (χ4v) is 3.99. The van der Waals surface area contributed by atoms with Crippen molar-refractivity contribution in [1.29, 1.82) is 0 Å². The molecule has 0 radical (unpaired) electrons. The second-order valence-corrected chi connectivity index (χ2v) is 7.87.